The van der Waals surface area contributed by atoms with E-state index in [1.807, 2.05) is 43.3 Å². The highest BCUT2D eigenvalue weighted by Crippen LogP contribution is 2.15. The molecule has 2 aromatic carbocycles. The second kappa shape index (κ2) is 8.60. The maximum atomic E-state index is 12.3. The first kappa shape index (κ1) is 18.8. The number of rotatable bonds is 5. The molecule has 0 unspecified atom stereocenters. The molecule has 0 aliphatic carbocycles. The Morgan fingerprint density at radius 3 is 2.41 bits per heavy atom. The minimum absolute atomic E-state index is 0.140. The first-order chi connectivity index (χ1) is 13.0. The zero-order valence-electron chi connectivity index (χ0n) is 14.7. The number of anilines is 2. The van der Waals surface area contributed by atoms with Crippen LogP contribution in [0.15, 0.2) is 71.2 Å². The normalized spacial score (nSPS) is 10.3. The van der Waals surface area contributed by atoms with Gasteiger partial charge in [-0.2, -0.15) is 0 Å². The van der Waals surface area contributed by atoms with Crippen LogP contribution in [-0.2, 0) is 11.2 Å². The van der Waals surface area contributed by atoms with Crippen LogP contribution in [0.25, 0.3) is 0 Å². The predicted molar refractivity (Wildman–Crippen MR) is 110 cm³/mol. The maximum absolute atomic E-state index is 12.3. The molecule has 3 rings (SSSR count). The van der Waals surface area contributed by atoms with Crippen molar-refractivity contribution in [1.29, 1.82) is 0 Å². The van der Waals surface area contributed by atoms with Crippen LogP contribution < -0.4 is 10.6 Å². The fraction of sp³-hybridized carbons (Fsp3) is 0.0952. The van der Waals surface area contributed by atoms with E-state index in [4.69, 9.17) is 0 Å². The van der Waals surface area contributed by atoms with Gasteiger partial charge < -0.3 is 10.6 Å². The molecular weight excluding hydrogens is 406 g/mol. The van der Waals surface area contributed by atoms with Gasteiger partial charge >= 0.3 is 0 Å². The second-order valence-electron chi connectivity index (χ2n) is 6.05. The molecule has 0 bridgehead atoms. The van der Waals surface area contributed by atoms with Crippen molar-refractivity contribution in [1.82, 2.24) is 4.98 Å². The molecule has 0 saturated heterocycles. The summed E-state index contributed by atoms with van der Waals surface area (Å²) in [6.07, 6.45) is 0.232. The summed E-state index contributed by atoms with van der Waals surface area (Å²) in [6.45, 7) is 1.87. The highest BCUT2D eigenvalue weighted by molar-refractivity contribution is 9.10. The van der Waals surface area contributed by atoms with Crippen molar-refractivity contribution in [3.05, 3.63) is 88.0 Å². The van der Waals surface area contributed by atoms with Gasteiger partial charge in [-0.05, 0) is 55.0 Å². The molecule has 6 heteroatoms. The lowest BCUT2D eigenvalue weighted by Crippen LogP contribution is -2.15. The summed E-state index contributed by atoms with van der Waals surface area (Å²) < 4.78 is 0.847. The number of nitrogens with zero attached hydrogens (tertiary/aromatic N) is 1. The van der Waals surface area contributed by atoms with Gasteiger partial charge in [-0.15, -0.1) is 0 Å². The minimum Gasteiger partial charge on any atom is -0.322 e. The van der Waals surface area contributed by atoms with Crippen LogP contribution in [0.4, 0.5) is 11.5 Å². The van der Waals surface area contributed by atoms with Crippen molar-refractivity contribution in [3.8, 4) is 0 Å². The molecule has 1 aromatic heterocycles. The molecule has 0 atom stereocenters. The molecule has 0 aliphatic rings. The summed E-state index contributed by atoms with van der Waals surface area (Å²) in [6, 6.07) is 19.9. The minimum atomic E-state index is -0.188. The van der Waals surface area contributed by atoms with Gasteiger partial charge in [0.25, 0.3) is 5.91 Å². The molecule has 0 spiro atoms. The summed E-state index contributed by atoms with van der Waals surface area (Å²) in [5, 5.41) is 5.62. The topological polar surface area (TPSA) is 71.1 Å². The number of aromatic nitrogens is 1. The number of nitrogens with one attached hydrogen (secondary N) is 2. The summed E-state index contributed by atoms with van der Waals surface area (Å²) in [4.78, 5) is 28.7. The molecule has 0 saturated carbocycles. The molecule has 27 heavy (non-hydrogen) atoms. The zero-order valence-corrected chi connectivity index (χ0v) is 16.3. The number of carbonyl (C=O) groups is 2. The van der Waals surface area contributed by atoms with Crippen LogP contribution in [-0.4, -0.2) is 16.8 Å². The Morgan fingerprint density at radius 1 is 0.963 bits per heavy atom. The molecule has 136 valence electrons. The lowest BCUT2D eigenvalue weighted by Gasteiger charge is -2.08. The van der Waals surface area contributed by atoms with Gasteiger partial charge in [0.2, 0.25) is 5.91 Å². The molecule has 5 nitrogen and oxygen atoms in total. The van der Waals surface area contributed by atoms with E-state index in [1.54, 1.807) is 30.3 Å². The summed E-state index contributed by atoms with van der Waals surface area (Å²) in [7, 11) is 0. The summed E-state index contributed by atoms with van der Waals surface area (Å²) in [5.74, 6) is 0.212. The third kappa shape index (κ3) is 5.49. The molecular formula is C21H18BrN3O2. The molecule has 2 amide bonds. The lowest BCUT2D eigenvalue weighted by molar-refractivity contribution is -0.115. The molecule has 0 fully saturated rings. The standard InChI is InChI=1S/C21H18BrN3O2/c1-14-4-2-7-19(23-14)25-20(26)12-15-8-10-18(11-9-15)24-21(27)16-5-3-6-17(22)13-16/h2-11,13H,12H2,1H3,(H,24,27)(H,23,25,26). The van der Waals surface area contributed by atoms with Gasteiger partial charge in [0.05, 0.1) is 6.42 Å². The van der Waals surface area contributed by atoms with E-state index in [0.29, 0.717) is 17.1 Å². The van der Waals surface area contributed by atoms with Crippen LogP contribution in [0, 0.1) is 6.92 Å². The van der Waals surface area contributed by atoms with Crippen molar-refractivity contribution in [2.45, 2.75) is 13.3 Å². The third-order valence-electron chi connectivity index (χ3n) is 3.82. The highest BCUT2D eigenvalue weighted by atomic mass is 79.9. The van der Waals surface area contributed by atoms with Gasteiger partial charge in [0.1, 0.15) is 5.82 Å². The van der Waals surface area contributed by atoms with Gasteiger partial charge in [0, 0.05) is 21.4 Å². The quantitative estimate of drug-likeness (QED) is 0.630. The fourth-order valence-electron chi connectivity index (χ4n) is 2.52. The van der Waals surface area contributed by atoms with E-state index in [9.17, 15) is 9.59 Å². The van der Waals surface area contributed by atoms with E-state index in [-0.39, 0.29) is 18.2 Å². The highest BCUT2D eigenvalue weighted by Gasteiger charge is 2.08. The Labute approximate surface area is 166 Å². The summed E-state index contributed by atoms with van der Waals surface area (Å²) >= 11 is 3.35. The molecule has 2 N–H and O–H groups in total. The fourth-order valence-corrected chi connectivity index (χ4v) is 2.92. The average Bonchev–Trinajstić information content (AvgIpc) is 2.63. The molecule has 0 radical (unpaired) electrons. The van der Waals surface area contributed by atoms with E-state index >= 15 is 0 Å². The predicted octanol–water partition coefficient (Wildman–Crippen LogP) is 4.59. The van der Waals surface area contributed by atoms with Gasteiger partial charge in [-0.3, -0.25) is 9.59 Å². The van der Waals surface area contributed by atoms with Crippen molar-refractivity contribution >= 4 is 39.2 Å². The van der Waals surface area contributed by atoms with Crippen molar-refractivity contribution in [3.63, 3.8) is 0 Å². The maximum Gasteiger partial charge on any atom is 0.255 e. The average molecular weight is 424 g/mol. The number of halogens is 1. The van der Waals surface area contributed by atoms with Gasteiger partial charge in [0.15, 0.2) is 0 Å². The Hall–Kier alpha value is -2.99. The van der Waals surface area contributed by atoms with Crippen molar-refractivity contribution in [2.24, 2.45) is 0 Å². The van der Waals surface area contributed by atoms with Crippen LogP contribution >= 0.6 is 15.9 Å². The van der Waals surface area contributed by atoms with E-state index in [2.05, 4.69) is 31.5 Å². The smallest absolute Gasteiger partial charge is 0.255 e. The second-order valence-corrected chi connectivity index (χ2v) is 6.97. The molecule has 3 aromatic rings. The Kier molecular flexibility index (Phi) is 5.98. The number of hydrogen-bond donors (Lipinski definition) is 2. The van der Waals surface area contributed by atoms with Crippen LogP contribution in [0.3, 0.4) is 0 Å². The van der Waals surface area contributed by atoms with E-state index in [0.717, 1.165) is 15.7 Å². The number of aryl methyl sites for hydroxylation is 1. The van der Waals surface area contributed by atoms with Crippen LogP contribution in [0.1, 0.15) is 21.6 Å². The zero-order chi connectivity index (χ0) is 19.2. The first-order valence-electron chi connectivity index (χ1n) is 8.39. The van der Waals surface area contributed by atoms with Crippen LogP contribution in [0.2, 0.25) is 0 Å². The number of hydrogen-bond acceptors (Lipinski definition) is 3. The summed E-state index contributed by atoms with van der Waals surface area (Å²) in [5.41, 5.74) is 2.93. The van der Waals surface area contributed by atoms with Crippen LogP contribution in [0.5, 0.6) is 0 Å². The SMILES string of the molecule is Cc1cccc(NC(=O)Cc2ccc(NC(=O)c3cccc(Br)c3)cc2)n1. The van der Waals surface area contributed by atoms with E-state index in [1.165, 1.54) is 0 Å². The van der Waals surface area contributed by atoms with Gasteiger partial charge in [-0.25, -0.2) is 4.98 Å². The lowest BCUT2D eigenvalue weighted by atomic mass is 10.1. The Bertz CT molecular complexity index is 971. The molecule has 0 aliphatic heterocycles. The number of pyridine rings is 1. The monoisotopic (exact) mass is 423 g/mol. The number of carbonyl (C=O) groups excluding carboxylic acids is 2. The first-order valence-corrected chi connectivity index (χ1v) is 9.18. The van der Waals surface area contributed by atoms with Crippen molar-refractivity contribution < 1.29 is 9.59 Å². The third-order valence-corrected chi connectivity index (χ3v) is 4.31. The van der Waals surface area contributed by atoms with Crippen molar-refractivity contribution in [2.75, 3.05) is 10.6 Å². The number of benzene rings is 2. The molecule has 1 heterocycles. The largest absolute Gasteiger partial charge is 0.322 e. The van der Waals surface area contributed by atoms with E-state index < -0.39 is 0 Å². The number of amides is 2. The Morgan fingerprint density at radius 2 is 1.70 bits per heavy atom. The Balaban J connectivity index is 1.58. The van der Waals surface area contributed by atoms with Gasteiger partial charge in [-0.1, -0.05) is 40.2 Å².